The maximum atomic E-state index is 12.8. The summed E-state index contributed by atoms with van der Waals surface area (Å²) in [7, 11) is 0. The third kappa shape index (κ3) is 51.1. The normalized spacial score (nSPS) is 12.0. The lowest BCUT2D eigenvalue weighted by Crippen LogP contribution is -2.30. The average Bonchev–Trinajstić information content (AvgIpc) is 3.29. The summed E-state index contributed by atoms with van der Waals surface area (Å²) in [6, 6.07) is 0. The van der Waals surface area contributed by atoms with Crippen molar-refractivity contribution in [2.45, 2.75) is 329 Å². The zero-order valence-corrected chi connectivity index (χ0v) is 43.3. The van der Waals surface area contributed by atoms with Crippen molar-refractivity contribution in [1.29, 1.82) is 0 Å². The van der Waals surface area contributed by atoms with Crippen LogP contribution in [-0.2, 0) is 28.6 Å². The number of unbranched alkanes of at least 4 members (excludes halogenated alkanes) is 40. The fourth-order valence-corrected chi connectivity index (χ4v) is 8.68. The van der Waals surface area contributed by atoms with Crippen LogP contribution < -0.4 is 0 Å². The second kappa shape index (κ2) is 53.8. The highest BCUT2D eigenvalue weighted by Crippen LogP contribution is 2.17. The molecular weight excluding hydrogens is 793 g/mol. The predicted molar refractivity (Wildman–Crippen MR) is 275 cm³/mol. The molecule has 0 spiro atoms. The third-order valence-corrected chi connectivity index (χ3v) is 13.0. The summed E-state index contributed by atoms with van der Waals surface area (Å²) < 4.78 is 16.8. The van der Waals surface area contributed by atoms with Crippen LogP contribution in [0.2, 0.25) is 0 Å². The lowest BCUT2D eigenvalue weighted by molar-refractivity contribution is -0.167. The first kappa shape index (κ1) is 62.1. The van der Waals surface area contributed by atoms with Gasteiger partial charge in [0, 0.05) is 19.3 Å². The highest BCUT2D eigenvalue weighted by molar-refractivity contribution is 5.71. The molecule has 378 valence electrons. The molecule has 64 heavy (non-hydrogen) atoms. The van der Waals surface area contributed by atoms with E-state index in [1.807, 2.05) is 0 Å². The van der Waals surface area contributed by atoms with E-state index in [2.05, 4.69) is 32.9 Å². The SMILES string of the molecule is CCCCCCCC/C=C\CCCCCCCCCC(=O)OC(COC(=O)CCCCCCCCC)COC(=O)CCCCCCCCCCCCCCCCCCCCCCCC. The molecule has 0 heterocycles. The molecule has 0 saturated heterocycles. The molecule has 0 aromatic carbocycles. The van der Waals surface area contributed by atoms with Crippen LogP contribution in [0.15, 0.2) is 12.2 Å². The van der Waals surface area contributed by atoms with Crippen molar-refractivity contribution in [3.8, 4) is 0 Å². The summed E-state index contributed by atoms with van der Waals surface area (Å²) in [5.74, 6) is -0.857. The maximum absolute atomic E-state index is 12.8. The van der Waals surface area contributed by atoms with Gasteiger partial charge in [-0.2, -0.15) is 0 Å². The van der Waals surface area contributed by atoms with E-state index >= 15 is 0 Å². The number of hydrogen-bond donors (Lipinski definition) is 0. The molecule has 0 amide bonds. The molecule has 0 N–H and O–H groups in total. The molecule has 6 heteroatoms. The molecule has 1 unspecified atom stereocenters. The van der Waals surface area contributed by atoms with Crippen LogP contribution in [-0.4, -0.2) is 37.2 Å². The molecule has 0 radical (unpaired) electrons. The Morgan fingerprint density at radius 1 is 0.297 bits per heavy atom. The van der Waals surface area contributed by atoms with Gasteiger partial charge in [-0.15, -0.1) is 0 Å². The van der Waals surface area contributed by atoms with Gasteiger partial charge in [0.1, 0.15) is 13.2 Å². The standard InChI is InChI=1S/C58H110O6/c1-4-7-10-13-16-18-20-22-24-26-27-28-29-30-32-33-35-37-39-42-45-48-51-57(60)63-54-55(53-62-56(59)50-47-44-41-15-12-9-6-3)64-58(61)52-49-46-43-40-38-36-34-31-25-23-21-19-17-14-11-8-5-2/h23,25,55H,4-22,24,26-54H2,1-3H3/b25-23-. The number of ether oxygens (including phenoxy) is 3. The molecule has 0 bridgehead atoms. The molecule has 0 aromatic rings. The van der Waals surface area contributed by atoms with Crippen LogP contribution in [0.1, 0.15) is 323 Å². The number of allylic oxidation sites excluding steroid dienone is 2. The number of rotatable bonds is 53. The Bertz CT molecular complexity index is 993. The Morgan fingerprint density at radius 3 is 0.781 bits per heavy atom. The first-order valence-electron chi connectivity index (χ1n) is 28.7. The van der Waals surface area contributed by atoms with Crippen molar-refractivity contribution < 1.29 is 28.6 Å². The monoisotopic (exact) mass is 903 g/mol. The van der Waals surface area contributed by atoms with Crippen molar-refractivity contribution in [3.05, 3.63) is 12.2 Å². The van der Waals surface area contributed by atoms with E-state index in [1.54, 1.807) is 0 Å². The van der Waals surface area contributed by atoms with Crippen molar-refractivity contribution in [2.24, 2.45) is 0 Å². The van der Waals surface area contributed by atoms with E-state index < -0.39 is 6.10 Å². The summed E-state index contributed by atoms with van der Waals surface area (Å²) >= 11 is 0. The van der Waals surface area contributed by atoms with Crippen LogP contribution in [0.5, 0.6) is 0 Å². The maximum Gasteiger partial charge on any atom is 0.306 e. The van der Waals surface area contributed by atoms with Crippen LogP contribution >= 0.6 is 0 Å². The van der Waals surface area contributed by atoms with Crippen molar-refractivity contribution in [2.75, 3.05) is 13.2 Å². The van der Waals surface area contributed by atoms with E-state index in [-0.39, 0.29) is 31.1 Å². The van der Waals surface area contributed by atoms with Gasteiger partial charge in [-0.05, 0) is 44.9 Å². The fourth-order valence-electron chi connectivity index (χ4n) is 8.68. The largest absolute Gasteiger partial charge is 0.462 e. The molecule has 0 aliphatic rings. The minimum absolute atomic E-state index is 0.0666. The summed E-state index contributed by atoms with van der Waals surface area (Å²) in [4.78, 5) is 37.9. The summed E-state index contributed by atoms with van der Waals surface area (Å²) in [6.07, 6.45) is 60.9. The zero-order chi connectivity index (χ0) is 46.5. The van der Waals surface area contributed by atoms with Crippen molar-refractivity contribution in [1.82, 2.24) is 0 Å². The van der Waals surface area contributed by atoms with Gasteiger partial charge in [-0.25, -0.2) is 0 Å². The second-order valence-corrected chi connectivity index (χ2v) is 19.6. The van der Waals surface area contributed by atoms with Gasteiger partial charge in [-0.1, -0.05) is 270 Å². The van der Waals surface area contributed by atoms with Gasteiger partial charge in [0.05, 0.1) is 0 Å². The zero-order valence-electron chi connectivity index (χ0n) is 43.3. The number of esters is 3. The Morgan fingerprint density at radius 2 is 0.516 bits per heavy atom. The highest BCUT2D eigenvalue weighted by atomic mass is 16.6. The molecule has 1 atom stereocenters. The predicted octanol–water partition coefficient (Wildman–Crippen LogP) is 18.9. The van der Waals surface area contributed by atoms with Gasteiger partial charge in [0.2, 0.25) is 0 Å². The van der Waals surface area contributed by atoms with E-state index in [4.69, 9.17) is 14.2 Å². The van der Waals surface area contributed by atoms with Gasteiger partial charge in [-0.3, -0.25) is 14.4 Å². The average molecular weight is 904 g/mol. The molecule has 0 rings (SSSR count). The van der Waals surface area contributed by atoms with E-state index in [0.29, 0.717) is 19.3 Å². The van der Waals surface area contributed by atoms with E-state index in [9.17, 15) is 14.4 Å². The molecule has 0 fully saturated rings. The van der Waals surface area contributed by atoms with Gasteiger partial charge in [0.15, 0.2) is 6.10 Å². The van der Waals surface area contributed by atoms with Crippen molar-refractivity contribution in [3.63, 3.8) is 0 Å². The topological polar surface area (TPSA) is 78.9 Å². The molecule has 0 aromatic heterocycles. The number of carbonyl (C=O) groups is 3. The third-order valence-electron chi connectivity index (χ3n) is 13.0. The molecule has 6 nitrogen and oxygen atoms in total. The van der Waals surface area contributed by atoms with Crippen molar-refractivity contribution >= 4 is 17.9 Å². The molecular formula is C58H110O6. The minimum Gasteiger partial charge on any atom is -0.462 e. The first-order chi connectivity index (χ1) is 31.5. The van der Waals surface area contributed by atoms with Gasteiger partial charge < -0.3 is 14.2 Å². The first-order valence-corrected chi connectivity index (χ1v) is 28.7. The second-order valence-electron chi connectivity index (χ2n) is 19.6. The minimum atomic E-state index is -0.765. The fraction of sp³-hybridized carbons (Fsp3) is 0.914. The lowest BCUT2D eigenvalue weighted by atomic mass is 10.0. The summed E-state index contributed by atoms with van der Waals surface area (Å²) in [5.41, 5.74) is 0. The Hall–Kier alpha value is -1.85. The molecule has 0 aliphatic heterocycles. The van der Waals surface area contributed by atoms with E-state index in [1.165, 1.54) is 225 Å². The molecule has 0 saturated carbocycles. The van der Waals surface area contributed by atoms with Crippen LogP contribution in [0.4, 0.5) is 0 Å². The van der Waals surface area contributed by atoms with Crippen LogP contribution in [0.3, 0.4) is 0 Å². The van der Waals surface area contributed by atoms with Crippen LogP contribution in [0.25, 0.3) is 0 Å². The van der Waals surface area contributed by atoms with E-state index in [0.717, 1.165) is 57.8 Å². The lowest BCUT2D eigenvalue weighted by Gasteiger charge is -2.18. The number of hydrogen-bond acceptors (Lipinski definition) is 6. The van der Waals surface area contributed by atoms with Crippen LogP contribution in [0, 0.1) is 0 Å². The molecule has 0 aliphatic carbocycles. The van der Waals surface area contributed by atoms with Gasteiger partial charge >= 0.3 is 17.9 Å². The smallest absolute Gasteiger partial charge is 0.306 e. The summed E-state index contributed by atoms with van der Waals surface area (Å²) in [6.45, 7) is 6.64. The Balaban J connectivity index is 4.13. The number of carbonyl (C=O) groups excluding carboxylic acids is 3. The van der Waals surface area contributed by atoms with Gasteiger partial charge in [0.25, 0.3) is 0 Å². The highest BCUT2D eigenvalue weighted by Gasteiger charge is 2.19. The Kier molecular flexibility index (Phi) is 52.2. The summed E-state index contributed by atoms with van der Waals surface area (Å²) in [5, 5.41) is 0. The quantitative estimate of drug-likeness (QED) is 0.0262. The Labute approximate surface area is 399 Å².